The Hall–Kier alpha value is -2.63. The molecule has 0 fully saturated rings. The van der Waals surface area contributed by atoms with E-state index in [2.05, 4.69) is 15.4 Å². The van der Waals surface area contributed by atoms with E-state index in [-0.39, 0.29) is 17.6 Å². The van der Waals surface area contributed by atoms with Crippen LogP contribution < -0.4 is 5.32 Å². The lowest BCUT2D eigenvalue weighted by molar-refractivity contribution is 0.462. The Labute approximate surface area is 114 Å². The van der Waals surface area contributed by atoms with Crippen molar-refractivity contribution in [2.24, 2.45) is 0 Å². The Morgan fingerprint density at radius 2 is 2.15 bits per heavy atom. The quantitative estimate of drug-likeness (QED) is 0.769. The molecule has 3 aromatic rings. The average molecular weight is 272 g/mol. The van der Waals surface area contributed by atoms with Gasteiger partial charge in [0.2, 0.25) is 0 Å². The minimum atomic E-state index is -0.384. The summed E-state index contributed by atoms with van der Waals surface area (Å²) in [5.41, 5.74) is 1.20. The molecule has 2 heterocycles. The lowest BCUT2D eigenvalue weighted by Gasteiger charge is -2.16. The van der Waals surface area contributed by atoms with Gasteiger partial charge in [-0.3, -0.25) is 0 Å². The highest BCUT2D eigenvalue weighted by Crippen LogP contribution is 2.27. The molecule has 0 spiro atoms. The maximum atomic E-state index is 13.2. The van der Waals surface area contributed by atoms with Crippen molar-refractivity contribution < 1.29 is 9.50 Å². The Morgan fingerprint density at radius 1 is 1.30 bits per heavy atom. The molecule has 2 N–H and O–H groups in total. The molecule has 0 saturated heterocycles. The summed E-state index contributed by atoms with van der Waals surface area (Å²) in [5.74, 6) is 0.302. The molecule has 1 unspecified atom stereocenters. The number of nitrogens with zero attached hydrogens (tertiary/aromatic N) is 3. The summed E-state index contributed by atoms with van der Waals surface area (Å²) in [4.78, 5) is 4.37. The van der Waals surface area contributed by atoms with E-state index in [1.807, 2.05) is 6.92 Å². The molecule has 20 heavy (non-hydrogen) atoms. The number of nitrogens with one attached hydrogen (secondary N) is 1. The van der Waals surface area contributed by atoms with Crippen molar-refractivity contribution in [3.05, 3.63) is 54.1 Å². The van der Waals surface area contributed by atoms with Gasteiger partial charge in [-0.15, -0.1) is 0 Å². The fourth-order valence-corrected chi connectivity index (χ4v) is 2.06. The topological polar surface area (TPSA) is 62.5 Å². The smallest absolute Gasteiger partial charge is 0.157 e. The second kappa shape index (κ2) is 4.80. The summed E-state index contributed by atoms with van der Waals surface area (Å²) in [6.07, 6.45) is 3.44. The summed E-state index contributed by atoms with van der Waals surface area (Å²) in [5, 5.41) is 17.0. The monoisotopic (exact) mass is 272 g/mol. The first-order valence-corrected chi connectivity index (χ1v) is 6.19. The number of halogens is 1. The zero-order chi connectivity index (χ0) is 14.1. The van der Waals surface area contributed by atoms with E-state index in [0.717, 1.165) is 0 Å². The Bertz CT molecular complexity index is 756. The van der Waals surface area contributed by atoms with Gasteiger partial charge in [-0.2, -0.15) is 5.10 Å². The fraction of sp³-hybridized carbons (Fsp3) is 0.143. The molecule has 0 bridgehead atoms. The molecule has 0 radical (unpaired) electrons. The van der Waals surface area contributed by atoms with Crippen LogP contribution in [0.1, 0.15) is 18.5 Å². The SMILES string of the molecule is CC(Nc1ccn2nccc2n1)c1cc(F)ccc1O. The standard InChI is InChI=1S/C14H13FN4O/c1-9(11-8-10(15)2-3-12(11)20)17-13-5-7-19-14(18-13)4-6-16-19/h2-9,20H,1H3,(H,17,18). The molecule has 0 amide bonds. The lowest BCUT2D eigenvalue weighted by atomic mass is 10.1. The first-order valence-electron chi connectivity index (χ1n) is 6.19. The van der Waals surface area contributed by atoms with E-state index in [1.54, 1.807) is 29.0 Å². The third-order valence-electron chi connectivity index (χ3n) is 3.08. The van der Waals surface area contributed by atoms with E-state index in [0.29, 0.717) is 17.0 Å². The molecular formula is C14H13FN4O. The number of hydrogen-bond donors (Lipinski definition) is 2. The number of benzene rings is 1. The number of hydrogen-bond acceptors (Lipinski definition) is 4. The van der Waals surface area contributed by atoms with E-state index >= 15 is 0 Å². The second-order valence-electron chi connectivity index (χ2n) is 4.52. The molecular weight excluding hydrogens is 259 g/mol. The van der Waals surface area contributed by atoms with Crippen molar-refractivity contribution >= 4 is 11.5 Å². The summed E-state index contributed by atoms with van der Waals surface area (Å²) < 4.78 is 14.9. The van der Waals surface area contributed by atoms with Crippen molar-refractivity contribution in [2.75, 3.05) is 5.32 Å². The molecule has 102 valence electrons. The van der Waals surface area contributed by atoms with Gasteiger partial charge in [-0.1, -0.05) is 0 Å². The highest BCUT2D eigenvalue weighted by Gasteiger charge is 2.12. The minimum absolute atomic E-state index is 0.0526. The summed E-state index contributed by atoms with van der Waals surface area (Å²) in [6.45, 7) is 1.83. The van der Waals surface area contributed by atoms with Gasteiger partial charge in [0, 0.05) is 17.8 Å². The predicted octanol–water partition coefficient (Wildman–Crippen LogP) is 2.75. The van der Waals surface area contributed by atoms with Gasteiger partial charge >= 0.3 is 0 Å². The Morgan fingerprint density at radius 3 is 3.00 bits per heavy atom. The van der Waals surface area contributed by atoms with Crippen molar-refractivity contribution in [1.29, 1.82) is 0 Å². The van der Waals surface area contributed by atoms with Crippen molar-refractivity contribution in [1.82, 2.24) is 14.6 Å². The van der Waals surface area contributed by atoms with E-state index in [4.69, 9.17) is 0 Å². The molecule has 6 heteroatoms. The highest BCUT2D eigenvalue weighted by atomic mass is 19.1. The number of rotatable bonds is 3. The summed E-state index contributed by atoms with van der Waals surface area (Å²) in [6, 6.07) is 7.16. The van der Waals surface area contributed by atoms with Crippen LogP contribution in [-0.2, 0) is 0 Å². The molecule has 0 aliphatic carbocycles. The van der Waals surface area contributed by atoms with Gasteiger partial charge < -0.3 is 10.4 Å². The van der Waals surface area contributed by atoms with Crippen LogP contribution in [0.3, 0.4) is 0 Å². The van der Waals surface area contributed by atoms with Crippen molar-refractivity contribution in [3.8, 4) is 5.75 Å². The van der Waals surface area contributed by atoms with Crippen LogP contribution in [0.5, 0.6) is 5.75 Å². The van der Waals surface area contributed by atoms with E-state index in [9.17, 15) is 9.50 Å². The van der Waals surface area contributed by atoms with Crippen LogP contribution >= 0.6 is 0 Å². The maximum absolute atomic E-state index is 13.2. The van der Waals surface area contributed by atoms with Crippen LogP contribution in [0.15, 0.2) is 42.7 Å². The molecule has 0 saturated carbocycles. The van der Waals surface area contributed by atoms with Crippen LogP contribution in [0.4, 0.5) is 10.2 Å². The number of fused-ring (bicyclic) bond motifs is 1. The Kier molecular flexibility index (Phi) is 2.98. The number of phenolic OH excluding ortho intramolecular Hbond substituents is 1. The first-order chi connectivity index (χ1) is 9.63. The van der Waals surface area contributed by atoms with E-state index < -0.39 is 0 Å². The normalized spacial score (nSPS) is 12.5. The van der Waals surface area contributed by atoms with Crippen molar-refractivity contribution in [2.45, 2.75) is 13.0 Å². The number of aromatic nitrogens is 3. The highest BCUT2D eigenvalue weighted by molar-refractivity contribution is 5.48. The van der Waals surface area contributed by atoms with Crippen molar-refractivity contribution in [3.63, 3.8) is 0 Å². The summed E-state index contributed by atoms with van der Waals surface area (Å²) >= 11 is 0. The fourth-order valence-electron chi connectivity index (χ4n) is 2.06. The molecule has 2 aromatic heterocycles. The molecule has 5 nitrogen and oxygen atoms in total. The van der Waals surface area contributed by atoms with Gasteiger partial charge in [0.15, 0.2) is 5.65 Å². The molecule has 0 aliphatic heterocycles. The number of phenols is 1. The average Bonchev–Trinajstić information content (AvgIpc) is 2.89. The van der Waals surface area contributed by atoms with Crippen LogP contribution in [0, 0.1) is 5.82 Å². The van der Waals surface area contributed by atoms with Gasteiger partial charge in [-0.05, 0) is 31.2 Å². The van der Waals surface area contributed by atoms with Gasteiger partial charge in [0.1, 0.15) is 17.4 Å². The molecule has 0 aliphatic rings. The first kappa shape index (κ1) is 12.4. The largest absolute Gasteiger partial charge is 0.508 e. The van der Waals surface area contributed by atoms with Crippen LogP contribution in [0.2, 0.25) is 0 Å². The number of aromatic hydroxyl groups is 1. The third-order valence-corrected chi connectivity index (χ3v) is 3.08. The van der Waals surface area contributed by atoms with Crippen LogP contribution in [0.25, 0.3) is 5.65 Å². The second-order valence-corrected chi connectivity index (χ2v) is 4.52. The van der Waals surface area contributed by atoms with Crippen LogP contribution in [-0.4, -0.2) is 19.7 Å². The Balaban J connectivity index is 1.87. The number of anilines is 1. The zero-order valence-electron chi connectivity index (χ0n) is 10.8. The third kappa shape index (κ3) is 2.27. The zero-order valence-corrected chi connectivity index (χ0v) is 10.8. The lowest BCUT2D eigenvalue weighted by Crippen LogP contribution is -2.09. The van der Waals surface area contributed by atoms with Gasteiger partial charge in [0.05, 0.1) is 12.2 Å². The van der Waals surface area contributed by atoms with Gasteiger partial charge in [-0.25, -0.2) is 13.9 Å². The summed E-state index contributed by atoms with van der Waals surface area (Å²) in [7, 11) is 0. The van der Waals surface area contributed by atoms with E-state index in [1.165, 1.54) is 18.2 Å². The molecule has 3 rings (SSSR count). The minimum Gasteiger partial charge on any atom is -0.508 e. The van der Waals surface area contributed by atoms with Gasteiger partial charge in [0.25, 0.3) is 0 Å². The molecule has 1 atom stereocenters. The molecule has 1 aromatic carbocycles. The predicted molar refractivity (Wildman–Crippen MR) is 73.1 cm³/mol. The maximum Gasteiger partial charge on any atom is 0.157 e.